The van der Waals surface area contributed by atoms with E-state index >= 15 is 0 Å². The van der Waals surface area contributed by atoms with Crippen molar-refractivity contribution in [2.75, 3.05) is 6.54 Å². The van der Waals surface area contributed by atoms with Gasteiger partial charge in [0, 0.05) is 12.0 Å². The van der Waals surface area contributed by atoms with Crippen LogP contribution in [-0.2, 0) is 11.2 Å². The fourth-order valence-electron chi connectivity index (χ4n) is 2.55. The van der Waals surface area contributed by atoms with Crippen molar-refractivity contribution in [3.8, 4) is 0 Å². The predicted molar refractivity (Wildman–Crippen MR) is 96.5 cm³/mol. The lowest BCUT2D eigenvalue weighted by Crippen LogP contribution is -2.45. The van der Waals surface area contributed by atoms with Crippen molar-refractivity contribution in [2.24, 2.45) is 5.73 Å². The quantitative estimate of drug-likeness (QED) is 0.679. The fraction of sp³-hybridized carbons (Fsp3) is 0.611. The Kier molecular flexibility index (Phi) is 10.1. The standard InChI is InChI=1S/C18H30N2O.ClH/c1-15-10-7-8-11-16(15)14-18(2,3)20-17(21)12-6-4-5-9-13-19;/h7-8,10-11H,4-6,9,12-14,19H2,1-3H3,(H,20,21);1H. The monoisotopic (exact) mass is 326 g/mol. The van der Waals surface area contributed by atoms with Crippen molar-refractivity contribution in [3.63, 3.8) is 0 Å². The van der Waals surface area contributed by atoms with E-state index in [-0.39, 0.29) is 23.9 Å². The number of carbonyl (C=O) groups excluding carboxylic acids is 1. The van der Waals surface area contributed by atoms with Gasteiger partial charge in [0.1, 0.15) is 0 Å². The smallest absolute Gasteiger partial charge is 0.220 e. The van der Waals surface area contributed by atoms with E-state index in [4.69, 9.17) is 5.73 Å². The van der Waals surface area contributed by atoms with Gasteiger partial charge >= 0.3 is 0 Å². The molecule has 3 N–H and O–H groups in total. The van der Waals surface area contributed by atoms with Crippen LogP contribution in [-0.4, -0.2) is 18.0 Å². The molecule has 0 radical (unpaired) electrons. The third-order valence-electron chi connectivity index (χ3n) is 3.73. The van der Waals surface area contributed by atoms with Crippen LogP contribution in [0.4, 0.5) is 0 Å². The van der Waals surface area contributed by atoms with Gasteiger partial charge < -0.3 is 11.1 Å². The molecule has 1 amide bonds. The summed E-state index contributed by atoms with van der Waals surface area (Å²) in [6.07, 6.45) is 5.69. The largest absolute Gasteiger partial charge is 0.351 e. The van der Waals surface area contributed by atoms with Crippen molar-refractivity contribution in [1.29, 1.82) is 0 Å². The van der Waals surface area contributed by atoms with Crippen molar-refractivity contribution >= 4 is 18.3 Å². The zero-order valence-corrected chi connectivity index (χ0v) is 15.0. The van der Waals surface area contributed by atoms with Gasteiger partial charge in [-0.3, -0.25) is 4.79 Å². The SMILES string of the molecule is Cc1ccccc1CC(C)(C)NC(=O)CCCCCCN.Cl. The molecule has 0 aliphatic heterocycles. The average molecular weight is 327 g/mol. The van der Waals surface area contributed by atoms with E-state index in [2.05, 4.69) is 44.3 Å². The normalized spacial score (nSPS) is 10.9. The molecule has 126 valence electrons. The van der Waals surface area contributed by atoms with Crippen LogP contribution in [0.2, 0.25) is 0 Å². The molecule has 1 rings (SSSR count). The second-order valence-electron chi connectivity index (χ2n) is 6.49. The Hall–Kier alpha value is -1.06. The van der Waals surface area contributed by atoms with Crippen LogP contribution >= 0.6 is 12.4 Å². The third kappa shape index (κ3) is 8.40. The van der Waals surface area contributed by atoms with Gasteiger partial charge in [-0.2, -0.15) is 0 Å². The summed E-state index contributed by atoms with van der Waals surface area (Å²) in [6.45, 7) is 7.04. The molecule has 0 atom stereocenters. The summed E-state index contributed by atoms with van der Waals surface area (Å²) < 4.78 is 0. The lowest BCUT2D eigenvalue weighted by atomic mass is 9.92. The van der Waals surface area contributed by atoms with Gasteiger partial charge in [0.05, 0.1) is 0 Å². The van der Waals surface area contributed by atoms with Gasteiger partial charge in [0.2, 0.25) is 5.91 Å². The van der Waals surface area contributed by atoms with Crippen LogP contribution in [0.3, 0.4) is 0 Å². The topological polar surface area (TPSA) is 55.1 Å². The summed E-state index contributed by atoms with van der Waals surface area (Å²) in [5.41, 5.74) is 7.83. The molecule has 0 aliphatic rings. The molecule has 0 saturated heterocycles. The van der Waals surface area contributed by atoms with Gasteiger partial charge in [0.15, 0.2) is 0 Å². The molecule has 0 unspecified atom stereocenters. The number of benzene rings is 1. The highest BCUT2D eigenvalue weighted by Gasteiger charge is 2.21. The fourth-order valence-corrected chi connectivity index (χ4v) is 2.55. The number of carbonyl (C=O) groups is 1. The summed E-state index contributed by atoms with van der Waals surface area (Å²) in [6, 6.07) is 8.35. The lowest BCUT2D eigenvalue weighted by molar-refractivity contribution is -0.122. The van der Waals surface area contributed by atoms with E-state index < -0.39 is 0 Å². The first-order valence-electron chi connectivity index (χ1n) is 8.00. The minimum atomic E-state index is -0.208. The number of amides is 1. The Labute approximate surface area is 141 Å². The Morgan fingerprint density at radius 2 is 1.77 bits per heavy atom. The maximum atomic E-state index is 12.0. The molecule has 0 spiro atoms. The van der Waals surface area contributed by atoms with Crippen LogP contribution in [0.1, 0.15) is 57.1 Å². The number of aryl methyl sites for hydroxylation is 1. The molecule has 0 aromatic heterocycles. The Morgan fingerprint density at radius 1 is 1.14 bits per heavy atom. The predicted octanol–water partition coefficient (Wildman–Crippen LogP) is 3.76. The molecule has 0 aliphatic carbocycles. The van der Waals surface area contributed by atoms with E-state index in [9.17, 15) is 4.79 Å². The van der Waals surface area contributed by atoms with Gasteiger partial charge in [-0.1, -0.05) is 37.1 Å². The number of nitrogens with two attached hydrogens (primary N) is 1. The van der Waals surface area contributed by atoms with E-state index in [1.807, 2.05) is 6.07 Å². The number of hydrogen-bond acceptors (Lipinski definition) is 2. The minimum Gasteiger partial charge on any atom is -0.351 e. The molecule has 4 heteroatoms. The highest BCUT2D eigenvalue weighted by atomic mass is 35.5. The molecule has 0 fully saturated rings. The molecular formula is C18H31ClN2O. The van der Waals surface area contributed by atoms with Gasteiger partial charge in [-0.15, -0.1) is 12.4 Å². The molecule has 1 aromatic rings. The van der Waals surface area contributed by atoms with Crippen LogP contribution in [0, 0.1) is 6.92 Å². The maximum Gasteiger partial charge on any atom is 0.220 e. The number of unbranched alkanes of at least 4 members (excludes halogenated alkanes) is 3. The van der Waals surface area contributed by atoms with Gasteiger partial charge in [-0.05, 0) is 57.7 Å². The first-order chi connectivity index (χ1) is 9.94. The molecular weight excluding hydrogens is 296 g/mol. The Morgan fingerprint density at radius 3 is 2.41 bits per heavy atom. The average Bonchev–Trinajstić information content (AvgIpc) is 2.40. The Bertz CT molecular complexity index is 446. The first kappa shape index (κ1) is 20.9. The second-order valence-corrected chi connectivity index (χ2v) is 6.49. The summed E-state index contributed by atoms with van der Waals surface area (Å²) in [5, 5.41) is 3.16. The van der Waals surface area contributed by atoms with Crippen LogP contribution < -0.4 is 11.1 Å². The summed E-state index contributed by atoms with van der Waals surface area (Å²) in [7, 11) is 0. The van der Waals surface area contributed by atoms with Crippen LogP contribution in [0.5, 0.6) is 0 Å². The molecule has 22 heavy (non-hydrogen) atoms. The molecule has 3 nitrogen and oxygen atoms in total. The van der Waals surface area contributed by atoms with E-state index in [0.717, 1.165) is 38.6 Å². The maximum absolute atomic E-state index is 12.0. The van der Waals surface area contributed by atoms with Crippen molar-refractivity contribution in [2.45, 2.75) is 64.8 Å². The zero-order chi connectivity index (χ0) is 15.7. The zero-order valence-electron chi connectivity index (χ0n) is 14.2. The lowest BCUT2D eigenvalue weighted by Gasteiger charge is -2.27. The van der Waals surface area contributed by atoms with Crippen LogP contribution in [0.25, 0.3) is 0 Å². The highest BCUT2D eigenvalue weighted by molar-refractivity contribution is 5.85. The number of rotatable bonds is 9. The minimum absolute atomic E-state index is 0. The molecule has 1 aromatic carbocycles. The van der Waals surface area contributed by atoms with Crippen LogP contribution in [0.15, 0.2) is 24.3 Å². The van der Waals surface area contributed by atoms with Gasteiger partial charge in [-0.25, -0.2) is 0 Å². The molecule has 0 heterocycles. The summed E-state index contributed by atoms with van der Waals surface area (Å²) >= 11 is 0. The van der Waals surface area contributed by atoms with E-state index in [0.29, 0.717) is 6.42 Å². The first-order valence-corrected chi connectivity index (χ1v) is 8.00. The number of nitrogens with one attached hydrogen (secondary N) is 1. The third-order valence-corrected chi connectivity index (χ3v) is 3.73. The summed E-state index contributed by atoms with van der Waals surface area (Å²) in [4.78, 5) is 12.0. The van der Waals surface area contributed by atoms with Crippen molar-refractivity contribution < 1.29 is 4.79 Å². The van der Waals surface area contributed by atoms with Crippen molar-refractivity contribution in [3.05, 3.63) is 35.4 Å². The number of hydrogen-bond donors (Lipinski definition) is 2. The van der Waals surface area contributed by atoms with E-state index in [1.54, 1.807) is 0 Å². The number of halogens is 1. The van der Waals surface area contributed by atoms with Gasteiger partial charge in [0.25, 0.3) is 0 Å². The second kappa shape index (κ2) is 10.6. The molecule has 0 bridgehead atoms. The Balaban J connectivity index is 0.00000441. The van der Waals surface area contributed by atoms with Crippen molar-refractivity contribution in [1.82, 2.24) is 5.32 Å². The van der Waals surface area contributed by atoms with E-state index in [1.165, 1.54) is 11.1 Å². The molecule has 0 saturated carbocycles. The summed E-state index contributed by atoms with van der Waals surface area (Å²) in [5.74, 6) is 0.154. The highest BCUT2D eigenvalue weighted by Crippen LogP contribution is 2.16.